The van der Waals surface area contributed by atoms with E-state index in [4.69, 9.17) is 26.3 Å². The van der Waals surface area contributed by atoms with E-state index in [9.17, 15) is 19.5 Å². The fourth-order valence-electron chi connectivity index (χ4n) is 3.98. The van der Waals surface area contributed by atoms with Gasteiger partial charge < -0.3 is 14.6 Å². The fraction of sp³-hybridized carbons (Fsp3) is 0.111. The number of rotatable bonds is 5. The van der Waals surface area contributed by atoms with Gasteiger partial charge in [0.1, 0.15) is 17.3 Å². The average Bonchev–Trinajstić information content (AvgIpc) is 3.14. The molecule has 0 bridgehead atoms. The van der Waals surface area contributed by atoms with E-state index in [1.165, 1.54) is 61.4 Å². The number of benzene rings is 3. The average molecular weight is 503 g/mol. The van der Waals surface area contributed by atoms with Crippen molar-refractivity contribution < 1.29 is 29.0 Å². The van der Waals surface area contributed by atoms with Crippen molar-refractivity contribution in [2.24, 2.45) is 0 Å². The van der Waals surface area contributed by atoms with Gasteiger partial charge in [-0.15, -0.1) is 0 Å². The number of esters is 1. The minimum absolute atomic E-state index is 0.106. The molecule has 8 nitrogen and oxygen atoms in total. The molecule has 1 aliphatic heterocycles. The van der Waals surface area contributed by atoms with E-state index >= 15 is 0 Å². The molecule has 1 atom stereocenters. The fourth-order valence-corrected chi connectivity index (χ4v) is 4.19. The summed E-state index contributed by atoms with van der Waals surface area (Å²) in [4.78, 5) is 39.3. The summed E-state index contributed by atoms with van der Waals surface area (Å²) in [6.45, 7) is 1.25. The minimum atomic E-state index is -1.09. The van der Waals surface area contributed by atoms with Crippen molar-refractivity contribution >= 4 is 40.7 Å². The first kappa shape index (κ1) is 24.5. The number of hydrogen-bond donors (Lipinski definition) is 1. The molecule has 36 heavy (non-hydrogen) atoms. The zero-order valence-electron chi connectivity index (χ0n) is 19.2. The van der Waals surface area contributed by atoms with Crippen molar-refractivity contribution in [3.63, 3.8) is 0 Å². The number of hydrogen-bond acceptors (Lipinski definition) is 7. The zero-order valence-corrected chi connectivity index (χ0v) is 19.9. The molecule has 3 aromatic carbocycles. The lowest BCUT2D eigenvalue weighted by Crippen LogP contribution is -2.29. The third kappa shape index (κ3) is 4.52. The van der Waals surface area contributed by atoms with Gasteiger partial charge >= 0.3 is 5.97 Å². The second-order valence-electron chi connectivity index (χ2n) is 7.84. The van der Waals surface area contributed by atoms with E-state index in [0.29, 0.717) is 22.6 Å². The highest BCUT2D eigenvalue weighted by Gasteiger charge is 2.47. The Morgan fingerprint density at radius 3 is 2.42 bits per heavy atom. The molecule has 1 N–H and O–H groups in total. The summed E-state index contributed by atoms with van der Waals surface area (Å²) in [6, 6.07) is 17.9. The summed E-state index contributed by atoms with van der Waals surface area (Å²) in [6.07, 6.45) is 0. The molecular weight excluding hydrogens is 484 g/mol. The Morgan fingerprint density at radius 1 is 1.06 bits per heavy atom. The lowest BCUT2D eigenvalue weighted by molar-refractivity contribution is -0.132. The normalized spacial score (nSPS) is 16.5. The van der Waals surface area contributed by atoms with Crippen molar-refractivity contribution in [2.45, 2.75) is 13.0 Å². The monoisotopic (exact) mass is 502 g/mol. The predicted octanol–water partition coefficient (Wildman–Crippen LogP) is 4.77. The maximum Gasteiger partial charge on any atom is 0.308 e. The molecule has 1 fully saturated rings. The third-order valence-electron chi connectivity index (χ3n) is 5.58. The first-order valence-electron chi connectivity index (χ1n) is 10.7. The molecule has 1 saturated heterocycles. The first-order chi connectivity index (χ1) is 17.2. The number of methoxy groups -OCH3 is 1. The molecule has 0 spiro atoms. The molecule has 3 aromatic rings. The molecular formula is C27H19ClN2O6. The summed E-state index contributed by atoms with van der Waals surface area (Å²) >= 11 is 6.33. The van der Waals surface area contributed by atoms with Crippen molar-refractivity contribution in [3.05, 3.63) is 94.0 Å². The zero-order chi connectivity index (χ0) is 26.0. The molecule has 180 valence electrons. The van der Waals surface area contributed by atoms with Crippen LogP contribution in [0.1, 0.15) is 29.7 Å². The second kappa shape index (κ2) is 9.94. The Balaban J connectivity index is 1.96. The Hall–Kier alpha value is -4.61. The Morgan fingerprint density at radius 2 is 1.78 bits per heavy atom. The summed E-state index contributed by atoms with van der Waals surface area (Å²) in [5, 5.41) is 20.6. The molecule has 0 aromatic heterocycles. The molecule has 1 aliphatic rings. The van der Waals surface area contributed by atoms with Crippen molar-refractivity contribution in [1.82, 2.24) is 0 Å². The van der Waals surface area contributed by atoms with Gasteiger partial charge in [0, 0.05) is 18.2 Å². The highest BCUT2D eigenvalue weighted by atomic mass is 35.5. The van der Waals surface area contributed by atoms with Crippen LogP contribution in [0.3, 0.4) is 0 Å². The Bertz CT molecular complexity index is 1460. The van der Waals surface area contributed by atoms with Gasteiger partial charge in [-0.05, 0) is 60.2 Å². The molecule has 9 heteroatoms. The van der Waals surface area contributed by atoms with E-state index in [2.05, 4.69) is 0 Å². The molecule has 0 saturated carbocycles. The van der Waals surface area contributed by atoms with Crippen molar-refractivity contribution in [1.29, 1.82) is 5.26 Å². The van der Waals surface area contributed by atoms with Crippen LogP contribution in [0.4, 0.5) is 5.69 Å². The van der Waals surface area contributed by atoms with E-state index in [-0.39, 0.29) is 21.9 Å². The number of anilines is 1. The van der Waals surface area contributed by atoms with Gasteiger partial charge in [-0.2, -0.15) is 5.26 Å². The number of Topliss-reactive ketones (excluding diaryl/α,β-unsaturated/α-hetero) is 1. The Labute approximate surface area is 211 Å². The number of aliphatic hydroxyl groups excluding tert-OH is 1. The highest BCUT2D eigenvalue weighted by molar-refractivity contribution is 6.52. The second-order valence-corrected chi connectivity index (χ2v) is 8.25. The SMILES string of the molecule is COc1ccc(Cl)c(/C(O)=C2\C(=O)C(=O)N(c3ccc(C#N)cc3)C2c2cccc(OC(C)=O)c2)c1. The predicted molar refractivity (Wildman–Crippen MR) is 132 cm³/mol. The standard InChI is InChI=1S/C27H19ClN2O6/c1-15(31)36-20-5-3-4-17(12-20)24-23(25(32)21-13-19(35-2)10-11-22(21)28)26(33)27(34)30(24)18-8-6-16(14-29)7-9-18/h3-13,24,32H,1-2H3/b25-23+. The van der Waals surface area contributed by atoms with Gasteiger partial charge in [0.15, 0.2) is 0 Å². The van der Waals surface area contributed by atoms with Gasteiger partial charge in [0.2, 0.25) is 0 Å². The van der Waals surface area contributed by atoms with E-state index in [1.807, 2.05) is 6.07 Å². The van der Waals surface area contributed by atoms with Gasteiger partial charge in [0.05, 0.1) is 35.4 Å². The quantitative estimate of drug-likeness (QED) is 0.175. The number of aliphatic hydroxyl groups is 1. The summed E-state index contributed by atoms with van der Waals surface area (Å²) in [7, 11) is 1.44. The number of nitrogens with zero attached hydrogens (tertiary/aromatic N) is 2. The molecule has 4 rings (SSSR count). The number of ketones is 1. The van der Waals surface area contributed by atoms with Crippen LogP contribution in [-0.4, -0.2) is 29.9 Å². The van der Waals surface area contributed by atoms with Gasteiger partial charge in [-0.3, -0.25) is 19.3 Å². The minimum Gasteiger partial charge on any atom is -0.507 e. The maximum absolute atomic E-state index is 13.3. The molecule has 1 unspecified atom stereocenters. The van der Waals surface area contributed by atoms with Crippen LogP contribution >= 0.6 is 11.6 Å². The van der Waals surface area contributed by atoms with Crippen LogP contribution in [0.25, 0.3) is 5.76 Å². The summed E-state index contributed by atoms with van der Waals surface area (Å²) in [5.41, 5.74) is 0.994. The van der Waals surface area contributed by atoms with Crippen molar-refractivity contribution in [2.75, 3.05) is 12.0 Å². The van der Waals surface area contributed by atoms with Gasteiger partial charge in [-0.25, -0.2) is 0 Å². The van der Waals surface area contributed by atoms with E-state index in [0.717, 1.165) is 0 Å². The highest BCUT2D eigenvalue weighted by Crippen LogP contribution is 2.44. The number of amides is 1. The number of ether oxygens (including phenoxy) is 2. The van der Waals surface area contributed by atoms with Gasteiger partial charge in [-0.1, -0.05) is 23.7 Å². The molecule has 0 radical (unpaired) electrons. The molecule has 0 aliphatic carbocycles. The van der Waals surface area contributed by atoms with Crippen LogP contribution in [0.2, 0.25) is 5.02 Å². The first-order valence-corrected chi connectivity index (χ1v) is 11.1. The number of halogens is 1. The van der Waals surface area contributed by atoms with E-state index in [1.54, 1.807) is 24.3 Å². The number of nitriles is 1. The van der Waals surface area contributed by atoms with Crippen LogP contribution in [0, 0.1) is 11.3 Å². The summed E-state index contributed by atoms with van der Waals surface area (Å²) < 4.78 is 10.4. The summed E-state index contributed by atoms with van der Waals surface area (Å²) in [5.74, 6) is -2.27. The molecule has 1 amide bonds. The third-order valence-corrected chi connectivity index (χ3v) is 5.91. The Kier molecular flexibility index (Phi) is 6.77. The molecule has 1 heterocycles. The smallest absolute Gasteiger partial charge is 0.308 e. The van der Waals surface area contributed by atoms with Crippen LogP contribution in [0.5, 0.6) is 11.5 Å². The van der Waals surface area contributed by atoms with Crippen LogP contribution in [-0.2, 0) is 14.4 Å². The van der Waals surface area contributed by atoms with E-state index < -0.39 is 29.5 Å². The van der Waals surface area contributed by atoms with Crippen molar-refractivity contribution in [3.8, 4) is 17.6 Å². The lowest BCUT2D eigenvalue weighted by Gasteiger charge is -2.26. The maximum atomic E-state index is 13.3. The lowest BCUT2D eigenvalue weighted by atomic mass is 9.94. The topological polar surface area (TPSA) is 117 Å². The largest absolute Gasteiger partial charge is 0.507 e. The van der Waals surface area contributed by atoms with Crippen LogP contribution < -0.4 is 14.4 Å². The number of carbonyl (C=O) groups is 3. The van der Waals surface area contributed by atoms with Crippen LogP contribution in [0.15, 0.2) is 72.3 Å². The number of carbonyl (C=O) groups excluding carboxylic acids is 3. The van der Waals surface area contributed by atoms with Gasteiger partial charge in [0.25, 0.3) is 11.7 Å².